The lowest BCUT2D eigenvalue weighted by atomic mass is 9.67. The number of alkyl halides is 3. The number of ether oxygens (including phenoxy) is 1. The van der Waals surface area contributed by atoms with Crippen LogP contribution in [0.3, 0.4) is 0 Å². The number of carbonyl (C=O) groups is 2. The number of ketones is 1. The van der Waals surface area contributed by atoms with E-state index < -0.39 is 24.2 Å². The molecule has 3 aliphatic heterocycles. The molecule has 1 aromatic carbocycles. The smallest absolute Gasteiger partial charge is 0.471 e. The van der Waals surface area contributed by atoms with Gasteiger partial charge < -0.3 is 14.2 Å². The third kappa shape index (κ3) is 2.55. The summed E-state index contributed by atoms with van der Waals surface area (Å²) >= 11 is 0. The topological polar surface area (TPSA) is 51.5 Å². The first-order chi connectivity index (χ1) is 14.2. The molecule has 0 saturated carbocycles. The Morgan fingerprint density at radius 1 is 1.20 bits per heavy atom. The zero-order valence-corrected chi connectivity index (χ0v) is 16.6. The zero-order valence-electron chi connectivity index (χ0n) is 16.6. The van der Waals surface area contributed by atoms with Crippen molar-refractivity contribution in [2.45, 2.75) is 38.0 Å². The second kappa shape index (κ2) is 6.36. The first-order valence-corrected chi connectivity index (χ1v) is 9.98. The molecule has 0 radical (unpaired) electrons. The Labute approximate surface area is 171 Å². The first-order valence-electron chi connectivity index (χ1n) is 9.98. The van der Waals surface area contributed by atoms with Gasteiger partial charge in [0.15, 0.2) is 5.78 Å². The van der Waals surface area contributed by atoms with Crippen molar-refractivity contribution in [3.05, 3.63) is 47.4 Å². The van der Waals surface area contributed by atoms with Gasteiger partial charge in [-0.1, -0.05) is 18.2 Å². The number of aromatic nitrogens is 1. The minimum atomic E-state index is -4.96. The van der Waals surface area contributed by atoms with Gasteiger partial charge in [0.2, 0.25) is 0 Å². The number of Topliss-reactive ketones (excluding diaryl/α,β-unsaturated/α-hetero) is 1. The van der Waals surface area contributed by atoms with Crippen LogP contribution in [0.15, 0.2) is 36.1 Å². The number of carbonyl (C=O) groups excluding carboxylic acids is 2. The fourth-order valence-corrected chi connectivity index (χ4v) is 5.77. The summed E-state index contributed by atoms with van der Waals surface area (Å²) in [5.41, 5.74) is 3.16. The molecule has 0 N–H and O–H groups in total. The van der Waals surface area contributed by atoms with E-state index in [-0.39, 0.29) is 30.6 Å². The summed E-state index contributed by atoms with van der Waals surface area (Å²) in [5.74, 6) is -2.54. The van der Waals surface area contributed by atoms with Crippen molar-refractivity contribution in [1.82, 2.24) is 9.47 Å². The Kier molecular flexibility index (Phi) is 4.07. The van der Waals surface area contributed by atoms with Gasteiger partial charge in [0.1, 0.15) is 0 Å². The van der Waals surface area contributed by atoms with Crippen molar-refractivity contribution in [1.29, 1.82) is 0 Å². The lowest BCUT2D eigenvalue weighted by Gasteiger charge is -2.54. The second-order valence-corrected chi connectivity index (χ2v) is 8.41. The number of aryl methyl sites for hydroxylation is 1. The lowest BCUT2D eigenvalue weighted by molar-refractivity contribution is -0.198. The number of amides is 1. The minimum absolute atomic E-state index is 0.143. The van der Waals surface area contributed by atoms with Gasteiger partial charge in [-0.05, 0) is 31.4 Å². The van der Waals surface area contributed by atoms with E-state index >= 15 is 0 Å². The summed E-state index contributed by atoms with van der Waals surface area (Å²) in [6.07, 6.45) is -2.93. The van der Waals surface area contributed by atoms with Crippen LogP contribution in [0.4, 0.5) is 13.2 Å². The standard InChI is InChI=1S/C22H21F3N2O3/c1-11(28)15-9-30-10-16-13(15)7-19-20-14(12-5-3-4-6-17(12)26(20)2)8-18(16)27(19)21(29)22(23,24)25/h3-6,9,13,16,18-19H,7-8,10H2,1-2H3/t13-,16+,18-,19?/m0/s1. The van der Waals surface area contributed by atoms with E-state index in [9.17, 15) is 22.8 Å². The number of hydrogen-bond donors (Lipinski definition) is 0. The molecular formula is C22H21F3N2O3. The maximum atomic E-state index is 13.6. The Morgan fingerprint density at radius 3 is 2.63 bits per heavy atom. The normalized spacial score (nSPS) is 27.8. The monoisotopic (exact) mass is 418 g/mol. The van der Waals surface area contributed by atoms with Gasteiger partial charge in [-0.3, -0.25) is 9.59 Å². The van der Waals surface area contributed by atoms with E-state index in [1.165, 1.54) is 13.2 Å². The van der Waals surface area contributed by atoms with Gasteiger partial charge in [0.25, 0.3) is 0 Å². The molecule has 30 heavy (non-hydrogen) atoms. The summed E-state index contributed by atoms with van der Waals surface area (Å²) < 4.78 is 48.1. The van der Waals surface area contributed by atoms with E-state index in [1.54, 1.807) is 0 Å². The number of benzene rings is 1. The molecule has 1 aromatic heterocycles. The number of piperidine rings is 1. The Bertz CT molecular complexity index is 1100. The fourth-order valence-electron chi connectivity index (χ4n) is 5.77. The highest BCUT2D eigenvalue weighted by Gasteiger charge is 2.57. The maximum absolute atomic E-state index is 13.6. The number of allylic oxidation sites excluding steroid dienone is 1. The Morgan fingerprint density at radius 2 is 1.93 bits per heavy atom. The van der Waals surface area contributed by atoms with Crippen LogP contribution in [0.2, 0.25) is 0 Å². The number of hydrogen-bond acceptors (Lipinski definition) is 3. The van der Waals surface area contributed by atoms with Crippen molar-refractivity contribution in [2.24, 2.45) is 18.9 Å². The van der Waals surface area contributed by atoms with Gasteiger partial charge >= 0.3 is 12.1 Å². The van der Waals surface area contributed by atoms with Gasteiger partial charge in [-0.15, -0.1) is 0 Å². The third-order valence-corrected chi connectivity index (χ3v) is 6.95. The molecule has 5 rings (SSSR count). The molecule has 2 bridgehead atoms. The molecule has 158 valence electrons. The van der Waals surface area contributed by atoms with Crippen molar-refractivity contribution < 1.29 is 27.5 Å². The fraction of sp³-hybridized carbons (Fsp3) is 0.455. The maximum Gasteiger partial charge on any atom is 0.471 e. The average molecular weight is 418 g/mol. The Hall–Kier alpha value is -2.77. The van der Waals surface area contributed by atoms with E-state index in [2.05, 4.69) is 0 Å². The molecule has 0 spiro atoms. The number of fused-ring (bicyclic) bond motifs is 8. The number of halogens is 3. The highest BCUT2D eigenvalue weighted by atomic mass is 19.4. The van der Waals surface area contributed by atoms with Gasteiger partial charge in [0, 0.05) is 47.1 Å². The van der Waals surface area contributed by atoms with E-state index in [4.69, 9.17) is 4.74 Å². The van der Waals surface area contributed by atoms with Crippen LogP contribution < -0.4 is 0 Å². The summed E-state index contributed by atoms with van der Waals surface area (Å²) in [7, 11) is 1.83. The lowest BCUT2D eigenvalue weighted by Crippen LogP contribution is -2.61. The Balaban J connectivity index is 1.72. The van der Waals surface area contributed by atoms with Crippen molar-refractivity contribution in [2.75, 3.05) is 6.61 Å². The van der Waals surface area contributed by atoms with Gasteiger partial charge in [0.05, 0.1) is 18.9 Å². The number of rotatable bonds is 1. The van der Waals surface area contributed by atoms with Crippen molar-refractivity contribution in [3.8, 4) is 0 Å². The highest BCUT2D eigenvalue weighted by molar-refractivity contribution is 5.94. The van der Waals surface area contributed by atoms with Gasteiger partial charge in [-0.2, -0.15) is 13.2 Å². The second-order valence-electron chi connectivity index (χ2n) is 8.41. The molecular weight excluding hydrogens is 397 g/mol. The van der Waals surface area contributed by atoms with Crippen LogP contribution in [0, 0.1) is 11.8 Å². The molecule has 5 nitrogen and oxygen atoms in total. The summed E-state index contributed by atoms with van der Waals surface area (Å²) in [5, 5.41) is 1.00. The number of nitrogens with zero attached hydrogens (tertiary/aromatic N) is 2. The first kappa shape index (κ1) is 19.2. The molecule has 2 aromatic rings. The molecule has 3 aliphatic rings. The molecule has 1 unspecified atom stereocenters. The molecule has 4 heterocycles. The molecule has 1 saturated heterocycles. The summed E-state index contributed by atoms with van der Waals surface area (Å²) in [6, 6.07) is 6.29. The quantitative estimate of drug-likeness (QED) is 0.710. The predicted molar refractivity (Wildman–Crippen MR) is 102 cm³/mol. The highest BCUT2D eigenvalue weighted by Crippen LogP contribution is 2.52. The van der Waals surface area contributed by atoms with Crippen LogP contribution in [0.1, 0.15) is 30.6 Å². The summed E-state index contributed by atoms with van der Waals surface area (Å²) in [4.78, 5) is 25.7. The predicted octanol–water partition coefficient (Wildman–Crippen LogP) is 3.67. The van der Waals surface area contributed by atoms with Crippen molar-refractivity contribution in [3.63, 3.8) is 0 Å². The summed E-state index contributed by atoms with van der Waals surface area (Å²) in [6.45, 7) is 1.64. The molecule has 4 atom stereocenters. The average Bonchev–Trinajstić information content (AvgIpc) is 2.98. The van der Waals surface area contributed by atoms with E-state index in [0.29, 0.717) is 12.0 Å². The zero-order chi connectivity index (χ0) is 21.4. The molecule has 1 amide bonds. The van der Waals surface area contributed by atoms with Crippen LogP contribution in [0.25, 0.3) is 10.9 Å². The van der Waals surface area contributed by atoms with Crippen molar-refractivity contribution >= 4 is 22.6 Å². The largest absolute Gasteiger partial charge is 0.500 e. The van der Waals surface area contributed by atoms with E-state index in [1.807, 2.05) is 35.9 Å². The van der Waals surface area contributed by atoms with Crippen LogP contribution in [0.5, 0.6) is 0 Å². The number of para-hydroxylation sites is 1. The molecule has 1 fully saturated rings. The van der Waals surface area contributed by atoms with E-state index in [0.717, 1.165) is 27.1 Å². The molecule has 0 aliphatic carbocycles. The van der Waals surface area contributed by atoms with Crippen LogP contribution >= 0.6 is 0 Å². The van der Waals surface area contributed by atoms with Crippen LogP contribution in [-0.4, -0.2) is 40.0 Å². The SMILES string of the molecule is CC(=O)C1=COC[C@@H]2[C@H]1CC1c3c(c4ccccc4n3C)C[C@@H]2N1C(=O)C(F)(F)F. The van der Waals surface area contributed by atoms with Crippen LogP contribution in [-0.2, 0) is 27.8 Å². The third-order valence-electron chi connectivity index (χ3n) is 6.95. The minimum Gasteiger partial charge on any atom is -0.500 e. The van der Waals surface area contributed by atoms with Gasteiger partial charge in [-0.25, -0.2) is 0 Å². The molecule has 8 heteroatoms.